The fourth-order valence-electron chi connectivity index (χ4n) is 2.44. The molecule has 2 amide bonds. The molecular weight excluding hydrogens is 342 g/mol. The summed E-state index contributed by atoms with van der Waals surface area (Å²) in [5, 5.41) is 6.20. The average Bonchev–Trinajstić information content (AvgIpc) is 2.54. The first kappa shape index (κ1) is 19.5. The van der Waals surface area contributed by atoms with Crippen molar-refractivity contribution in [1.29, 1.82) is 0 Å². The van der Waals surface area contributed by atoms with Gasteiger partial charge in [-0.1, -0.05) is 38.4 Å². The molecule has 6 nitrogen and oxygen atoms in total. The van der Waals surface area contributed by atoms with Gasteiger partial charge in [0.1, 0.15) is 6.04 Å². The summed E-state index contributed by atoms with van der Waals surface area (Å²) in [6, 6.07) is 4.75. The number of para-hydroxylation sites is 1. The minimum Gasteiger partial charge on any atom is -0.378 e. The highest BCUT2D eigenvalue weighted by Gasteiger charge is 2.26. The molecule has 1 saturated heterocycles. The van der Waals surface area contributed by atoms with E-state index in [0.717, 1.165) is 5.69 Å². The number of hydrogen-bond acceptors (Lipinski definition) is 4. The Balaban J connectivity index is 2.12. The van der Waals surface area contributed by atoms with E-state index < -0.39 is 11.5 Å². The van der Waals surface area contributed by atoms with Crippen LogP contribution in [0.3, 0.4) is 0 Å². The molecule has 7 heteroatoms. The van der Waals surface area contributed by atoms with Crippen LogP contribution in [0.15, 0.2) is 18.2 Å². The molecule has 0 aliphatic carbocycles. The smallest absolute Gasteiger partial charge is 0.246 e. The normalized spacial score (nSPS) is 16.3. The molecule has 0 spiro atoms. The molecule has 1 fully saturated rings. The third-order valence-electron chi connectivity index (χ3n) is 3.99. The number of rotatable bonds is 4. The monoisotopic (exact) mass is 367 g/mol. The van der Waals surface area contributed by atoms with E-state index in [1.54, 1.807) is 39.8 Å². The van der Waals surface area contributed by atoms with Gasteiger partial charge < -0.3 is 20.3 Å². The minimum absolute atomic E-state index is 0.172. The zero-order chi connectivity index (χ0) is 18.6. The first-order valence-electron chi connectivity index (χ1n) is 8.43. The van der Waals surface area contributed by atoms with Crippen LogP contribution in [0, 0.1) is 5.41 Å². The SMILES string of the molecule is CC(NC(=O)C(C)(C)C)C(=O)Nc1cccc(Cl)c1N1CCOCC1. The second-order valence-electron chi connectivity index (χ2n) is 7.17. The van der Waals surface area contributed by atoms with Crippen LogP contribution in [0.1, 0.15) is 27.7 Å². The van der Waals surface area contributed by atoms with E-state index in [0.29, 0.717) is 37.0 Å². The lowest BCUT2D eigenvalue weighted by molar-refractivity contribution is -0.131. The van der Waals surface area contributed by atoms with Crippen LogP contribution in [0.4, 0.5) is 11.4 Å². The molecule has 1 atom stereocenters. The van der Waals surface area contributed by atoms with Gasteiger partial charge in [-0.2, -0.15) is 0 Å². The van der Waals surface area contributed by atoms with Gasteiger partial charge in [0.05, 0.1) is 29.6 Å². The summed E-state index contributed by atoms with van der Waals surface area (Å²) in [6.45, 7) is 9.75. The molecule has 1 aliphatic rings. The molecule has 2 rings (SSSR count). The number of nitrogens with zero attached hydrogens (tertiary/aromatic N) is 1. The fraction of sp³-hybridized carbons (Fsp3) is 0.556. The lowest BCUT2D eigenvalue weighted by Gasteiger charge is -2.31. The first-order chi connectivity index (χ1) is 11.7. The highest BCUT2D eigenvalue weighted by atomic mass is 35.5. The van der Waals surface area contributed by atoms with Gasteiger partial charge in [0, 0.05) is 18.5 Å². The number of morpholine rings is 1. The third kappa shape index (κ3) is 5.09. The highest BCUT2D eigenvalue weighted by Crippen LogP contribution is 2.34. The van der Waals surface area contributed by atoms with Gasteiger partial charge >= 0.3 is 0 Å². The first-order valence-corrected chi connectivity index (χ1v) is 8.81. The van der Waals surface area contributed by atoms with Crippen LogP contribution < -0.4 is 15.5 Å². The average molecular weight is 368 g/mol. The van der Waals surface area contributed by atoms with Crippen molar-refractivity contribution in [2.75, 3.05) is 36.5 Å². The van der Waals surface area contributed by atoms with Crippen molar-refractivity contribution in [1.82, 2.24) is 5.32 Å². The lowest BCUT2D eigenvalue weighted by Crippen LogP contribution is -2.46. The van der Waals surface area contributed by atoms with E-state index >= 15 is 0 Å². The van der Waals surface area contributed by atoms with Crippen LogP contribution in [-0.2, 0) is 14.3 Å². The van der Waals surface area contributed by atoms with E-state index in [1.807, 2.05) is 6.07 Å². The zero-order valence-electron chi connectivity index (χ0n) is 15.2. The van der Waals surface area contributed by atoms with Gasteiger partial charge in [-0.25, -0.2) is 0 Å². The van der Waals surface area contributed by atoms with Gasteiger partial charge in [-0.15, -0.1) is 0 Å². The number of amides is 2. The summed E-state index contributed by atoms with van der Waals surface area (Å²) >= 11 is 6.37. The summed E-state index contributed by atoms with van der Waals surface area (Å²) in [7, 11) is 0. The number of hydrogen-bond donors (Lipinski definition) is 2. The summed E-state index contributed by atoms with van der Waals surface area (Å²) in [5.74, 6) is -0.455. The molecule has 1 aromatic carbocycles. The maximum Gasteiger partial charge on any atom is 0.246 e. The van der Waals surface area contributed by atoms with Crippen LogP contribution >= 0.6 is 11.6 Å². The van der Waals surface area contributed by atoms with Gasteiger partial charge in [0.2, 0.25) is 11.8 Å². The van der Waals surface area contributed by atoms with E-state index in [4.69, 9.17) is 16.3 Å². The van der Waals surface area contributed by atoms with Crippen molar-refractivity contribution < 1.29 is 14.3 Å². The van der Waals surface area contributed by atoms with Crippen LogP contribution in [0.25, 0.3) is 0 Å². The molecule has 0 aromatic heterocycles. The van der Waals surface area contributed by atoms with Crippen molar-refractivity contribution >= 4 is 34.8 Å². The van der Waals surface area contributed by atoms with Crippen molar-refractivity contribution in [3.8, 4) is 0 Å². The maximum atomic E-state index is 12.5. The standard InChI is InChI=1S/C18H26ClN3O3/c1-12(20-17(24)18(2,3)4)16(23)21-14-7-5-6-13(19)15(14)22-8-10-25-11-9-22/h5-7,12H,8-11H2,1-4H3,(H,20,24)(H,21,23). The largest absolute Gasteiger partial charge is 0.378 e. The summed E-state index contributed by atoms with van der Waals surface area (Å²) in [5.41, 5.74) is 0.871. The number of ether oxygens (including phenoxy) is 1. The van der Waals surface area contributed by atoms with Crippen LogP contribution in [0.2, 0.25) is 5.02 Å². The number of carbonyl (C=O) groups is 2. The number of carbonyl (C=O) groups excluding carboxylic acids is 2. The van der Waals surface area contributed by atoms with Crippen molar-refractivity contribution in [3.05, 3.63) is 23.2 Å². The number of benzene rings is 1. The molecule has 2 N–H and O–H groups in total. The molecule has 1 aromatic rings. The van der Waals surface area contributed by atoms with Crippen LogP contribution in [-0.4, -0.2) is 44.2 Å². The third-order valence-corrected chi connectivity index (χ3v) is 4.30. The van der Waals surface area contributed by atoms with Gasteiger partial charge in [0.15, 0.2) is 0 Å². The number of nitrogens with one attached hydrogen (secondary N) is 2. The topological polar surface area (TPSA) is 70.7 Å². The summed E-state index contributed by atoms with van der Waals surface area (Å²) < 4.78 is 5.38. The molecule has 0 bridgehead atoms. The van der Waals surface area contributed by atoms with Gasteiger partial charge in [0.25, 0.3) is 0 Å². The van der Waals surface area contributed by atoms with Crippen molar-refractivity contribution in [2.24, 2.45) is 5.41 Å². The molecule has 1 unspecified atom stereocenters. The Hall–Kier alpha value is -1.79. The van der Waals surface area contributed by atoms with Crippen molar-refractivity contribution in [3.63, 3.8) is 0 Å². The number of halogens is 1. The minimum atomic E-state index is -0.650. The molecular formula is C18H26ClN3O3. The molecule has 0 saturated carbocycles. The predicted molar refractivity (Wildman–Crippen MR) is 100 cm³/mol. The lowest BCUT2D eigenvalue weighted by atomic mass is 9.95. The molecule has 25 heavy (non-hydrogen) atoms. The second kappa shape index (κ2) is 8.06. The second-order valence-corrected chi connectivity index (χ2v) is 7.58. The molecule has 1 aliphatic heterocycles. The Kier molecular flexibility index (Phi) is 6.30. The zero-order valence-corrected chi connectivity index (χ0v) is 15.9. The Bertz CT molecular complexity index is 637. The van der Waals surface area contributed by atoms with Gasteiger partial charge in [-0.05, 0) is 19.1 Å². The Labute approximate surface area is 153 Å². The summed E-state index contributed by atoms with van der Waals surface area (Å²) in [6.07, 6.45) is 0. The molecule has 138 valence electrons. The van der Waals surface area contributed by atoms with Crippen molar-refractivity contribution in [2.45, 2.75) is 33.7 Å². The van der Waals surface area contributed by atoms with E-state index in [-0.39, 0.29) is 11.8 Å². The molecule has 1 heterocycles. The van der Waals surface area contributed by atoms with E-state index in [9.17, 15) is 9.59 Å². The molecule has 0 radical (unpaired) electrons. The van der Waals surface area contributed by atoms with Gasteiger partial charge in [-0.3, -0.25) is 9.59 Å². The quantitative estimate of drug-likeness (QED) is 0.858. The Morgan fingerprint density at radius 3 is 2.48 bits per heavy atom. The highest BCUT2D eigenvalue weighted by molar-refractivity contribution is 6.34. The van der Waals surface area contributed by atoms with E-state index in [2.05, 4.69) is 15.5 Å². The fourth-order valence-corrected chi connectivity index (χ4v) is 2.74. The summed E-state index contributed by atoms with van der Waals surface area (Å²) in [4.78, 5) is 26.7. The van der Waals surface area contributed by atoms with E-state index in [1.165, 1.54) is 0 Å². The number of anilines is 2. The Morgan fingerprint density at radius 2 is 1.88 bits per heavy atom. The maximum absolute atomic E-state index is 12.5. The van der Waals surface area contributed by atoms with Crippen LogP contribution in [0.5, 0.6) is 0 Å². The Morgan fingerprint density at radius 1 is 1.24 bits per heavy atom. The predicted octanol–water partition coefficient (Wildman–Crippen LogP) is 2.67.